The molecule has 0 N–H and O–H groups in total. The standard InChI is InChI=1S/C14H24N4O3S/c1-10(13-11(2)15-16(4)12(13)3)14(19)17-6-8-18(9-7-17)22(5,20)21/h10H,6-9H2,1-5H3. The van der Waals surface area contributed by atoms with E-state index >= 15 is 0 Å². The van der Waals surface area contributed by atoms with E-state index in [1.807, 2.05) is 27.8 Å². The van der Waals surface area contributed by atoms with E-state index in [2.05, 4.69) is 5.10 Å². The highest BCUT2D eigenvalue weighted by Gasteiger charge is 2.30. The highest BCUT2D eigenvalue weighted by atomic mass is 32.2. The van der Waals surface area contributed by atoms with Crippen LogP contribution in [0.15, 0.2) is 0 Å². The molecule has 2 heterocycles. The van der Waals surface area contributed by atoms with Crippen molar-refractivity contribution in [2.75, 3.05) is 32.4 Å². The topological polar surface area (TPSA) is 75.5 Å². The van der Waals surface area contributed by atoms with Crippen molar-refractivity contribution < 1.29 is 13.2 Å². The zero-order chi connectivity index (χ0) is 16.7. The number of carbonyl (C=O) groups excluding carboxylic acids is 1. The Kier molecular flexibility index (Phi) is 4.62. The summed E-state index contributed by atoms with van der Waals surface area (Å²) in [4.78, 5) is 14.4. The SMILES string of the molecule is Cc1nn(C)c(C)c1C(C)C(=O)N1CCN(S(C)(=O)=O)CC1. The van der Waals surface area contributed by atoms with Gasteiger partial charge in [-0.25, -0.2) is 8.42 Å². The van der Waals surface area contributed by atoms with Crippen molar-refractivity contribution in [3.63, 3.8) is 0 Å². The van der Waals surface area contributed by atoms with Crippen molar-refractivity contribution in [1.29, 1.82) is 0 Å². The number of amides is 1. The van der Waals surface area contributed by atoms with Gasteiger partial charge in [0.25, 0.3) is 0 Å². The molecule has 0 spiro atoms. The van der Waals surface area contributed by atoms with E-state index in [9.17, 15) is 13.2 Å². The molecule has 7 nitrogen and oxygen atoms in total. The number of aromatic nitrogens is 2. The highest BCUT2D eigenvalue weighted by molar-refractivity contribution is 7.88. The van der Waals surface area contributed by atoms with Crippen molar-refractivity contribution in [2.24, 2.45) is 7.05 Å². The number of sulfonamides is 1. The van der Waals surface area contributed by atoms with Crippen LogP contribution in [0.3, 0.4) is 0 Å². The van der Waals surface area contributed by atoms with Crippen LogP contribution in [0.2, 0.25) is 0 Å². The Hall–Kier alpha value is -1.41. The molecular weight excluding hydrogens is 304 g/mol. The molecule has 1 atom stereocenters. The van der Waals surface area contributed by atoms with E-state index in [-0.39, 0.29) is 11.8 Å². The first-order chi connectivity index (χ1) is 10.1. The molecular formula is C14H24N4O3S. The molecule has 0 aromatic carbocycles. The third-order valence-corrected chi connectivity index (χ3v) is 5.69. The predicted octanol–water partition coefficient (Wildman–Crippen LogP) is 0.244. The molecule has 124 valence electrons. The molecule has 0 saturated carbocycles. The van der Waals surface area contributed by atoms with Crippen LogP contribution in [-0.2, 0) is 21.9 Å². The van der Waals surface area contributed by atoms with E-state index in [1.165, 1.54) is 10.6 Å². The van der Waals surface area contributed by atoms with Crippen molar-refractivity contribution >= 4 is 15.9 Å². The molecule has 1 saturated heterocycles. The molecule has 0 radical (unpaired) electrons. The van der Waals surface area contributed by atoms with Gasteiger partial charge in [-0.3, -0.25) is 9.48 Å². The Labute approximate surface area is 131 Å². The lowest BCUT2D eigenvalue weighted by molar-refractivity contribution is -0.133. The fourth-order valence-electron chi connectivity index (χ4n) is 3.05. The van der Waals surface area contributed by atoms with Crippen LogP contribution >= 0.6 is 0 Å². The number of rotatable bonds is 3. The molecule has 8 heteroatoms. The molecule has 1 aromatic rings. The van der Waals surface area contributed by atoms with E-state index < -0.39 is 10.0 Å². The fraction of sp³-hybridized carbons (Fsp3) is 0.714. The smallest absolute Gasteiger partial charge is 0.230 e. The van der Waals surface area contributed by atoms with Crippen LogP contribution in [0.5, 0.6) is 0 Å². The third kappa shape index (κ3) is 3.17. The summed E-state index contributed by atoms with van der Waals surface area (Å²) < 4.78 is 26.2. The maximum absolute atomic E-state index is 12.7. The van der Waals surface area contributed by atoms with Crippen LogP contribution in [0.25, 0.3) is 0 Å². The molecule has 2 rings (SSSR count). The lowest BCUT2D eigenvalue weighted by Crippen LogP contribution is -2.51. The van der Waals surface area contributed by atoms with Gasteiger partial charge in [-0.2, -0.15) is 9.40 Å². The van der Waals surface area contributed by atoms with Gasteiger partial charge in [0.1, 0.15) is 0 Å². The number of carbonyl (C=O) groups is 1. The number of hydrogen-bond donors (Lipinski definition) is 0. The highest BCUT2D eigenvalue weighted by Crippen LogP contribution is 2.25. The summed E-state index contributed by atoms with van der Waals surface area (Å²) in [5, 5.41) is 4.36. The van der Waals surface area contributed by atoms with Crippen molar-refractivity contribution in [3.8, 4) is 0 Å². The van der Waals surface area contributed by atoms with Gasteiger partial charge in [0, 0.05) is 44.5 Å². The molecule has 1 aliphatic rings. The van der Waals surface area contributed by atoms with E-state index in [4.69, 9.17) is 0 Å². The second-order valence-corrected chi connectivity index (χ2v) is 7.90. The molecule has 1 amide bonds. The van der Waals surface area contributed by atoms with Crippen LogP contribution in [0.4, 0.5) is 0 Å². The summed E-state index contributed by atoms with van der Waals surface area (Å²) in [7, 11) is -1.31. The zero-order valence-electron chi connectivity index (χ0n) is 13.8. The Balaban J connectivity index is 2.10. The maximum atomic E-state index is 12.7. The van der Waals surface area contributed by atoms with Gasteiger partial charge >= 0.3 is 0 Å². The first-order valence-corrected chi connectivity index (χ1v) is 9.21. The average molecular weight is 328 g/mol. The molecule has 1 fully saturated rings. The number of hydrogen-bond acceptors (Lipinski definition) is 4. The maximum Gasteiger partial charge on any atom is 0.230 e. The minimum Gasteiger partial charge on any atom is -0.340 e. The van der Waals surface area contributed by atoms with Crippen LogP contribution in [0, 0.1) is 13.8 Å². The molecule has 1 aliphatic heterocycles. The summed E-state index contributed by atoms with van der Waals surface area (Å²) >= 11 is 0. The number of piperazine rings is 1. The van der Waals surface area contributed by atoms with Gasteiger partial charge in [0.15, 0.2) is 0 Å². The third-order valence-electron chi connectivity index (χ3n) is 4.39. The Morgan fingerprint density at radius 2 is 1.73 bits per heavy atom. The Bertz CT molecular complexity index is 673. The minimum atomic E-state index is -3.18. The first kappa shape index (κ1) is 17.0. The van der Waals surface area contributed by atoms with E-state index in [0.29, 0.717) is 26.2 Å². The van der Waals surface area contributed by atoms with Crippen molar-refractivity contribution in [2.45, 2.75) is 26.7 Å². The van der Waals surface area contributed by atoms with Gasteiger partial charge in [-0.05, 0) is 20.8 Å². The predicted molar refractivity (Wildman–Crippen MR) is 84.1 cm³/mol. The Morgan fingerprint density at radius 3 is 2.14 bits per heavy atom. The van der Waals surface area contributed by atoms with E-state index in [0.717, 1.165) is 17.0 Å². The lowest BCUT2D eigenvalue weighted by Gasteiger charge is -2.34. The summed E-state index contributed by atoms with van der Waals surface area (Å²) in [5.74, 6) is -0.231. The van der Waals surface area contributed by atoms with Crippen molar-refractivity contribution in [1.82, 2.24) is 19.0 Å². The summed E-state index contributed by atoms with van der Waals surface area (Å²) in [6.45, 7) is 7.37. The number of aryl methyl sites for hydroxylation is 2. The largest absolute Gasteiger partial charge is 0.340 e. The second-order valence-electron chi connectivity index (χ2n) is 5.92. The fourth-order valence-corrected chi connectivity index (χ4v) is 3.88. The normalized spacial score (nSPS) is 18.5. The quantitative estimate of drug-likeness (QED) is 0.797. The second kappa shape index (κ2) is 6.00. The lowest BCUT2D eigenvalue weighted by atomic mass is 9.97. The minimum absolute atomic E-state index is 0.0346. The first-order valence-electron chi connectivity index (χ1n) is 7.37. The zero-order valence-corrected chi connectivity index (χ0v) is 14.6. The molecule has 1 aromatic heterocycles. The van der Waals surface area contributed by atoms with E-state index in [1.54, 1.807) is 9.58 Å². The summed E-state index contributed by atoms with van der Waals surface area (Å²) in [5.41, 5.74) is 2.83. The van der Waals surface area contributed by atoms with Gasteiger partial charge in [0.05, 0.1) is 17.9 Å². The van der Waals surface area contributed by atoms with Crippen LogP contribution in [-0.4, -0.2) is 65.7 Å². The molecule has 22 heavy (non-hydrogen) atoms. The van der Waals surface area contributed by atoms with Crippen LogP contribution < -0.4 is 0 Å². The summed E-state index contributed by atoms with van der Waals surface area (Å²) in [6.07, 6.45) is 1.20. The van der Waals surface area contributed by atoms with Gasteiger partial charge in [-0.1, -0.05) is 0 Å². The van der Waals surface area contributed by atoms with Crippen molar-refractivity contribution in [3.05, 3.63) is 17.0 Å². The monoisotopic (exact) mass is 328 g/mol. The molecule has 1 unspecified atom stereocenters. The molecule has 0 bridgehead atoms. The van der Waals surface area contributed by atoms with Gasteiger partial charge in [0.2, 0.25) is 15.9 Å². The van der Waals surface area contributed by atoms with Crippen LogP contribution in [0.1, 0.15) is 29.8 Å². The molecule has 0 aliphatic carbocycles. The van der Waals surface area contributed by atoms with Gasteiger partial charge in [-0.15, -0.1) is 0 Å². The number of nitrogens with zero attached hydrogens (tertiary/aromatic N) is 4. The average Bonchev–Trinajstić information content (AvgIpc) is 2.70. The van der Waals surface area contributed by atoms with Gasteiger partial charge < -0.3 is 4.90 Å². The summed E-state index contributed by atoms with van der Waals surface area (Å²) in [6, 6.07) is 0. The Morgan fingerprint density at radius 1 is 1.18 bits per heavy atom.